The number of halogens is 3. The van der Waals surface area contributed by atoms with Gasteiger partial charge in [0.1, 0.15) is 23.9 Å². The Labute approximate surface area is 196 Å². The van der Waals surface area contributed by atoms with Crippen LogP contribution in [0.4, 0.5) is 13.2 Å². The summed E-state index contributed by atoms with van der Waals surface area (Å²) in [7, 11) is 0. The molecule has 3 atom stereocenters. The predicted molar refractivity (Wildman–Crippen MR) is 123 cm³/mol. The second-order valence-electron chi connectivity index (χ2n) is 8.19. The van der Waals surface area contributed by atoms with Crippen molar-refractivity contribution in [1.29, 1.82) is 0 Å². The van der Waals surface area contributed by atoms with Crippen molar-refractivity contribution in [2.45, 2.75) is 44.2 Å². The summed E-state index contributed by atoms with van der Waals surface area (Å²) in [6.07, 6.45) is -5.05. The molecule has 0 bridgehead atoms. The normalized spacial score (nSPS) is 14.3. The van der Waals surface area contributed by atoms with E-state index < -0.39 is 23.9 Å². The van der Waals surface area contributed by atoms with Crippen LogP contribution in [0, 0.1) is 0 Å². The fourth-order valence-corrected chi connectivity index (χ4v) is 3.41. The second-order valence-corrected chi connectivity index (χ2v) is 8.19. The molecule has 0 aliphatic carbocycles. The molecule has 3 unspecified atom stereocenters. The van der Waals surface area contributed by atoms with Crippen molar-refractivity contribution >= 4 is 0 Å². The summed E-state index contributed by atoms with van der Waals surface area (Å²) in [5.41, 5.74) is 6.51. The molecule has 0 fully saturated rings. The maximum absolute atomic E-state index is 13.4. The van der Waals surface area contributed by atoms with Crippen molar-refractivity contribution in [1.82, 2.24) is 0 Å². The molecule has 0 radical (unpaired) electrons. The molecule has 0 aliphatic heterocycles. The summed E-state index contributed by atoms with van der Waals surface area (Å²) in [5, 5.41) is 19.1. The molecule has 182 valence electrons. The third-order valence-corrected chi connectivity index (χ3v) is 5.44. The fraction of sp³-hybridized carbons (Fsp3) is 0.308. The van der Waals surface area contributed by atoms with E-state index in [1.54, 1.807) is 24.3 Å². The minimum absolute atomic E-state index is 0.00280. The monoisotopic (exact) mass is 475 g/mol. The molecule has 5 nitrogen and oxygen atoms in total. The Hall–Kier alpha value is -3.07. The topological polar surface area (TPSA) is 84.9 Å². The molecule has 3 rings (SSSR count). The number of aliphatic hydroxyl groups is 2. The van der Waals surface area contributed by atoms with E-state index in [-0.39, 0.29) is 30.6 Å². The number of hydrogen-bond acceptors (Lipinski definition) is 5. The largest absolute Gasteiger partial charge is 0.489 e. The Bertz CT molecular complexity index is 1040. The number of nitrogens with two attached hydrogens (primary N) is 1. The summed E-state index contributed by atoms with van der Waals surface area (Å²) in [6.45, 7) is 1.72. The van der Waals surface area contributed by atoms with Gasteiger partial charge in [-0.3, -0.25) is 0 Å². The maximum atomic E-state index is 13.4. The van der Waals surface area contributed by atoms with Crippen LogP contribution in [-0.4, -0.2) is 29.0 Å². The molecule has 0 aliphatic rings. The van der Waals surface area contributed by atoms with E-state index in [0.29, 0.717) is 12.2 Å². The van der Waals surface area contributed by atoms with Gasteiger partial charge in [0.2, 0.25) is 0 Å². The lowest BCUT2D eigenvalue weighted by Crippen LogP contribution is -2.38. The molecule has 3 aromatic rings. The first-order valence-corrected chi connectivity index (χ1v) is 10.9. The number of aliphatic hydroxyl groups excluding tert-OH is 2. The molecule has 4 N–H and O–H groups in total. The average Bonchev–Trinajstić information content (AvgIpc) is 2.82. The van der Waals surface area contributed by atoms with Crippen molar-refractivity contribution in [2.75, 3.05) is 6.61 Å². The van der Waals surface area contributed by atoms with Crippen LogP contribution in [0.3, 0.4) is 0 Å². The van der Waals surface area contributed by atoms with E-state index in [4.69, 9.17) is 20.3 Å². The Kier molecular flexibility index (Phi) is 8.55. The molecule has 0 spiro atoms. The first-order valence-electron chi connectivity index (χ1n) is 10.9. The van der Waals surface area contributed by atoms with Crippen LogP contribution in [0.2, 0.25) is 0 Å². The average molecular weight is 476 g/mol. The zero-order valence-corrected chi connectivity index (χ0v) is 18.7. The van der Waals surface area contributed by atoms with Crippen LogP contribution in [0.5, 0.6) is 17.2 Å². The van der Waals surface area contributed by atoms with Gasteiger partial charge in [-0.05, 0) is 47.7 Å². The molecule has 0 aromatic heterocycles. The standard InChI is InChI=1S/C26H28F3NO4/c1-17(11-25(32)24(30)15-31)19-7-9-21(10-8-19)34-23-13-20(26(27,28)29)12-22(14-23)33-16-18-5-3-2-4-6-18/h2-10,12-14,17,24-25,31-32H,11,15-16,30H2,1H3. The van der Waals surface area contributed by atoms with E-state index >= 15 is 0 Å². The molecule has 3 aromatic carbocycles. The van der Waals surface area contributed by atoms with E-state index in [9.17, 15) is 18.3 Å². The highest BCUT2D eigenvalue weighted by atomic mass is 19.4. The van der Waals surface area contributed by atoms with Crippen molar-refractivity contribution in [2.24, 2.45) is 5.73 Å². The van der Waals surface area contributed by atoms with Crippen LogP contribution in [0.1, 0.15) is 36.0 Å². The molecule has 8 heteroatoms. The summed E-state index contributed by atoms with van der Waals surface area (Å²) < 4.78 is 51.6. The zero-order chi connectivity index (χ0) is 24.7. The molecular formula is C26H28F3NO4. The quantitative estimate of drug-likeness (QED) is 0.373. The van der Waals surface area contributed by atoms with Gasteiger partial charge in [0.25, 0.3) is 0 Å². The molecular weight excluding hydrogens is 447 g/mol. The van der Waals surface area contributed by atoms with Crippen molar-refractivity contribution in [3.63, 3.8) is 0 Å². The molecule has 0 saturated carbocycles. The van der Waals surface area contributed by atoms with Gasteiger partial charge in [0.15, 0.2) is 0 Å². The summed E-state index contributed by atoms with van der Waals surface area (Å²) in [6, 6.07) is 18.6. The lowest BCUT2D eigenvalue weighted by Gasteiger charge is -2.21. The lowest BCUT2D eigenvalue weighted by atomic mass is 9.92. The third kappa shape index (κ3) is 7.21. The van der Waals surface area contributed by atoms with Gasteiger partial charge in [0.05, 0.1) is 24.3 Å². The highest BCUT2D eigenvalue weighted by Gasteiger charge is 2.32. The van der Waals surface area contributed by atoms with Crippen molar-refractivity contribution in [3.05, 3.63) is 89.5 Å². The number of ether oxygens (including phenoxy) is 2. The van der Waals surface area contributed by atoms with Crippen molar-refractivity contribution < 1.29 is 32.9 Å². The van der Waals surface area contributed by atoms with Crippen LogP contribution in [-0.2, 0) is 12.8 Å². The summed E-state index contributed by atoms with van der Waals surface area (Å²) in [4.78, 5) is 0. The highest BCUT2D eigenvalue weighted by Crippen LogP contribution is 2.37. The smallest absolute Gasteiger partial charge is 0.416 e. The molecule has 0 saturated heterocycles. The first-order chi connectivity index (χ1) is 16.2. The second kappa shape index (κ2) is 11.4. The van der Waals surface area contributed by atoms with Gasteiger partial charge < -0.3 is 25.4 Å². The minimum atomic E-state index is -4.56. The van der Waals surface area contributed by atoms with E-state index in [1.165, 1.54) is 6.07 Å². The van der Waals surface area contributed by atoms with Crippen molar-refractivity contribution in [3.8, 4) is 17.2 Å². The van der Waals surface area contributed by atoms with E-state index in [2.05, 4.69) is 0 Å². The van der Waals surface area contributed by atoms with Gasteiger partial charge in [0, 0.05) is 6.07 Å². The summed E-state index contributed by atoms with van der Waals surface area (Å²) in [5.74, 6) is 0.362. The van der Waals surface area contributed by atoms with Crippen LogP contribution in [0.15, 0.2) is 72.8 Å². The maximum Gasteiger partial charge on any atom is 0.416 e. The molecule has 34 heavy (non-hydrogen) atoms. The predicted octanol–water partition coefficient (Wildman–Crippen LogP) is 5.25. The Morgan fingerprint density at radius 2 is 1.56 bits per heavy atom. The SMILES string of the molecule is CC(CC(O)C(N)CO)c1ccc(Oc2cc(OCc3ccccc3)cc(C(F)(F)F)c2)cc1. The third-order valence-electron chi connectivity index (χ3n) is 5.44. The zero-order valence-electron chi connectivity index (χ0n) is 18.7. The van der Waals surface area contributed by atoms with Crippen LogP contribution < -0.4 is 15.2 Å². The fourth-order valence-electron chi connectivity index (χ4n) is 3.41. The highest BCUT2D eigenvalue weighted by molar-refractivity contribution is 5.42. The first kappa shape index (κ1) is 25.6. The van der Waals surface area contributed by atoms with Gasteiger partial charge in [-0.1, -0.05) is 49.4 Å². The Balaban J connectivity index is 1.73. The van der Waals surface area contributed by atoms with Crippen LogP contribution >= 0.6 is 0 Å². The van der Waals surface area contributed by atoms with E-state index in [1.807, 2.05) is 37.3 Å². The van der Waals surface area contributed by atoms with Gasteiger partial charge in [-0.2, -0.15) is 13.2 Å². The number of benzene rings is 3. The van der Waals surface area contributed by atoms with Gasteiger partial charge in [-0.15, -0.1) is 0 Å². The molecule has 0 heterocycles. The summed E-state index contributed by atoms with van der Waals surface area (Å²) >= 11 is 0. The van der Waals surface area contributed by atoms with Gasteiger partial charge >= 0.3 is 6.18 Å². The Morgan fingerprint density at radius 1 is 0.912 bits per heavy atom. The Morgan fingerprint density at radius 3 is 2.18 bits per heavy atom. The molecule has 0 amide bonds. The number of alkyl halides is 3. The van der Waals surface area contributed by atoms with Crippen LogP contribution in [0.25, 0.3) is 0 Å². The number of rotatable bonds is 10. The lowest BCUT2D eigenvalue weighted by molar-refractivity contribution is -0.137. The van der Waals surface area contributed by atoms with E-state index in [0.717, 1.165) is 23.3 Å². The van der Waals surface area contributed by atoms with Gasteiger partial charge in [-0.25, -0.2) is 0 Å². The number of hydrogen-bond donors (Lipinski definition) is 3. The minimum Gasteiger partial charge on any atom is -0.489 e.